The molecule has 1 aliphatic heterocycles. The van der Waals surface area contributed by atoms with Crippen LogP contribution in [0, 0.1) is 5.92 Å². The highest BCUT2D eigenvalue weighted by Gasteiger charge is 2.29. The van der Waals surface area contributed by atoms with Crippen molar-refractivity contribution in [1.82, 2.24) is 10.6 Å². The van der Waals surface area contributed by atoms with E-state index >= 15 is 0 Å². The molecular weight excluding hydrogens is 320 g/mol. The summed E-state index contributed by atoms with van der Waals surface area (Å²) in [5.74, 6) is 0.111. The summed E-state index contributed by atoms with van der Waals surface area (Å²) in [5, 5.41) is 17.5. The van der Waals surface area contributed by atoms with Crippen molar-refractivity contribution >= 4 is 11.4 Å². The number of hydrogen-bond acceptors (Lipinski definition) is 3. The van der Waals surface area contributed by atoms with Gasteiger partial charge in [0, 0.05) is 5.92 Å². The monoisotopic (exact) mass is 344 g/mol. The molecule has 26 heavy (non-hydrogen) atoms. The van der Waals surface area contributed by atoms with Crippen LogP contribution in [0.5, 0.6) is 0 Å². The van der Waals surface area contributed by atoms with Crippen molar-refractivity contribution in [2.24, 2.45) is 5.92 Å². The summed E-state index contributed by atoms with van der Waals surface area (Å²) in [4.78, 5) is 0. The van der Waals surface area contributed by atoms with E-state index in [1.54, 1.807) is 0 Å². The van der Waals surface area contributed by atoms with Gasteiger partial charge in [-0.15, -0.1) is 0 Å². The average molecular weight is 344 g/mol. The van der Waals surface area contributed by atoms with Crippen molar-refractivity contribution < 1.29 is 5.11 Å². The molecular formula is C23H24N2O. The van der Waals surface area contributed by atoms with E-state index in [1.807, 2.05) is 19.1 Å². The SMILES string of the molecule is CC1=CC(C2NC(c3ccccc3)=C(c3ccccc3)N2)=CC(C)C1O. The maximum absolute atomic E-state index is 10.2. The first kappa shape index (κ1) is 16.7. The molecule has 0 aromatic heterocycles. The van der Waals surface area contributed by atoms with Crippen LogP contribution in [0.15, 0.2) is 84.0 Å². The van der Waals surface area contributed by atoms with E-state index < -0.39 is 6.10 Å². The molecule has 4 rings (SSSR count). The summed E-state index contributed by atoms with van der Waals surface area (Å²) >= 11 is 0. The van der Waals surface area contributed by atoms with Crippen molar-refractivity contribution in [2.45, 2.75) is 26.1 Å². The first-order chi connectivity index (χ1) is 12.6. The predicted molar refractivity (Wildman–Crippen MR) is 107 cm³/mol. The molecule has 0 amide bonds. The Morgan fingerprint density at radius 3 is 1.77 bits per heavy atom. The maximum atomic E-state index is 10.2. The summed E-state index contributed by atoms with van der Waals surface area (Å²) in [6, 6.07) is 20.8. The molecule has 1 aliphatic carbocycles. The molecule has 3 N–H and O–H groups in total. The van der Waals surface area contributed by atoms with Gasteiger partial charge in [0.1, 0.15) is 6.17 Å². The zero-order chi connectivity index (χ0) is 18.1. The molecule has 2 aliphatic rings. The van der Waals surface area contributed by atoms with Crippen molar-refractivity contribution in [3.8, 4) is 0 Å². The zero-order valence-corrected chi connectivity index (χ0v) is 15.1. The minimum Gasteiger partial charge on any atom is -0.388 e. The maximum Gasteiger partial charge on any atom is 0.123 e. The molecule has 0 saturated carbocycles. The lowest BCUT2D eigenvalue weighted by Crippen LogP contribution is -2.36. The van der Waals surface area contributed by atoms with Crippen molar-refractivity contribution in [2.75, 3.05) is 0 Å². The van der Waals surface area contributed by atoms with Gasteiger partial charge in [-0.3, -0.25) is 0 Å². The Morgan fingerprint density at radius 1 is 0.808 bits per heavy atom. The first-order valence-corrected chi connectivity index (χ1v) is 9.09. The lowest BCUT2D eigenvalue weighted by molar-refractivity contribution is 0.170. The normalized spacial score (nSPS) is 23.2. The van der Waals surface area contributed by atoms with Crippen LogP contribution < -0.4 is 10.6 Å². The van der Waals surface area contributed by atoms with Crippen LogP contribution in [0.1, 0.15) is 25.0 Å². The fourth-order valence-corrected chi connectivity index (χ4v) is 3.69. The second-order valence-corrected chi connectivity index (χ2v) is 7.06. The molecule has 132 valence electrons. The van der Waals surface area contributed by atoms with Crippen LogP contribution in [-0.4, -0.2) is 17.4 Å². The van der Waals surface area contributed by atoms with Gasteiger partial charge in [0.15, 0.2) is 0 Å². The van der Waals surface area contributed by atoms with E-state index in [9.17, 15) is 5.11 Å². The van der Waals surface area contributed by atoms with Gasteiger partial charge in [-0.2, -0.15) is 0 Å². The van der Waals surface area contributed by atoms with Gasteiger partial charge in [-0.1, -0.05) is 79.7 Å². The average Bonchev–Trinajstić information content (AvgIpc) is 3.12. The molecule has 2 aromatic carbocycles. The smallest absolute Gasteiger partial charge is 0.123 e. The van der Waals surface area contributed by atoms with Crippen LogP contribution in [0.3, 0.4) is 0 Å². The zero-order valence-electron chi connectivity index (χ0n) is 15.1. The standard InChI is InChI=1S/C23H24N2O/c1-15-13-19(14-16(2)22(15)26)23-24-20(17-9-5-3-6-10-17)21(25-23)18-11-7-4-8-12-18/h3-15,22-26H,1-2H3. The number of hydrogen-bond donors (Lipinski definition) is 3. The quantitative estimate of drug-likeness (QED) is 0.791. The summed E-state index contributed by atoms with van der Waals surface area (Å²) in [6.07, 6.45) is 3.84. The van der Waals surface area contributed by atoms with Crippen LogP contribution in [0.25, 0.3) is 11.4 Å². The largest absolute Gasteiger partial charge is 0.388 e. The molecule has 2 unspecified atom stereocenters. The van der Waals surface area contributed by atoms with Crippen LogP contribution in [0.4, 0.5) is 0 Å². The van der Waals surface area contributed by atoms with Gasteiger partial charge in [0.2, 0.25) is 0 Å². The van der Waals surface area contributed by atoms with Gasteiger partial charge < -0.3 is 15.7 Å². The highest BCUT2D eigenvalue weighted by molar-refractivity contribution is 5.91. The Kier molecular flexibility index (Phi) is 4.39. The molecule has 3 nitrogen and oxygen atoms in total. The molecule has 1 heterocycles. The van der Waals surface area contributed by atoms with Gasteiger partial charge in [-0.05, 0) is 29.2 Å². The van der Waals surface area contributed by atoms with E-state index in [0.29, 0.717) is 0 Å². The lowest BCUT2D eigenvalue weighted by Gasteiger charge is -2.26. The first-order valence-electron chi connectivity index (χ1n) is 9.09. The van der Waals surface area contributed by atoms with E-state index in [0.717, 1.165) is 28.1 Å². The van der Waals surface area contributed by atoms with E-state index in [2.05, 4.69) is 78.2 Å². The lowest BCUT2D eigenvalue weighted by atomic mass is 9.88. The minimum absolute atomic E-state index is 0.00897. The van der Waals surface area contributed by atoms with Gasteiger partial charge in [0.05, 0.1) is 17.5 Å². The Morgan fingerprint density at radius 2 is 1.31 bits per heavy atom. The van der Waals surface area contributed by atoms with E-state index in [4.69, 9.17) is 0 Å². The molecule has 2 atom stereocenters. The van der Waals surface area contributed by atoms with Crippen LogP contribution >= 0.6 is 0 Å². The number of benzene rings is 2. The summed E-state index contributed by atoms with van der Waals surface area (Å²) in [6.45, 7) is 4.05. The summed E-state index contributed by atoms with van der Waals surface area (Å²) in [5.41, 5.74) is 6.70. The number of nitrogens with one attached hydrogen (secondary N) is 2. The predicted octanol–water partition coefficient (Wildman–Crippen LogP) is 3.91. The minimum atomic E-state index is -0.393. The third kappa shape index (κ3) is 3.06. The third-order valence-electron chi connectivity index (χ3n) is 5.10. The molecule has 0 saturated heterocycles. The number of rotatable bonds is 3. The molecule has 0 spiro atoms. The van der Waals surface area contributed by atoms with Gasteiger partial charge >= 0.3 is 0 Å². The molecule has 3 heteroatoms. The van der Waals surface area contributed by atoms with Crippen molar-refractivity contribution in [3.05, 3.63) is 95.1 Å². The second kappa shape index (κ2) is 6.85. The van der Waals surface area contributed by atoms with Crippen LogP contribution in [0.2, 0.25) is 0 Å². The van der Waals surface area contributed by atoms with Gasteiger partial charge in [0.25, 0.3) is 0 Å². The molecule has 0 radical (unpaired) electrons. The van der Waals surface area contributed by atoms with E-state index in [-0.39, 0.29) is 12.1 Å². The molecule has 0 bridgehead atoms. The topological polar surface area (TPSA) is 44.3 Å². The number of aliphatic hydroxyl groups is 1. The second-order valence-electron chi connectivity index (χ2n) is 7.06. The summed E-state index contributed by atoms with van der Waals surface area (Å²) in [7, 11) is 0. The van der Waals surface area contributed by atoms with Crippen LogP contribution in [-0.2, 0) is 0 Å². The van der Waals surface area contributed by atoms with Gasteiger partial charge in [-0.25, -0.2) is 0 Å². The third-order valence-corrected chi connectivity index (χ3v) is 5.10. The Balaban J connectivity index is 1.71. The Labute approximate surface area is 154 Å². The summed E-state index contributed by atoms with van der Waals surface area (Å²) < 4.78 is 0. The Hall–Kier alpha value is -2.78. The fraction of sp³-hybridized carbons (Fsp3) is 0.217. The fourth-order valence-electron chi connectivity index (χ4n) is 3.69. The van der Waals surface area contributed by atoms with E-state index in [1.165, 1.54) is 5.57 Å². The Bertz CT molecular complexity index is 829. The number of aliphatic hydroxyl groups excluding tert-OH is 1. The highest BCUT2D eigenvalue weighted by Crippen LogP contribution is 2.32. The highest BCUT2D eigenvalue weighted by atomic mass is 16.3. The molecule has 0 fully saturated rings. The van der Waals surface area contributed by atoms with Crippen molar-refractivity contribution in [1.29, 1.82) is 0 Å². The van der Waals surface area contributed by atoms with Crippen molar-refractivity contribution in [3.63, 3.8) is 0 Å². The molecule has 2 aromatic rings.